The van der Waals surface area contributed by atoms with Crippen molar-refractivity contribution >= 4 is 28.9 Å². The van der Waals surface area contributed by atoms with Crippen molar-refractivity contribution in [2.45, 2.75) is 0 Å². The third-order valence-corrected chi connectivity index (χ3v) is 4.09. The van der Waals surface area contributed by atoms with E-state index < -0.39 is 12.9 Å². The first-order chi connectivity index (χ1) is 14.7. The van der Waals surface area contributed by atoms with Gasteiger partial charge in [-0.05, 0) is 18.2 Å². The molecule has 28 heavy (non-hydrogen) atoms. The molecule has 3 aromatic rings. The van der Waals surface area contributed by atoms with Crippen LogP contribution in [0.5, 0.6) is 5.75 Å². The molecule has 0 radical (unpaired) electrons. The fourth-order valence-electron chi connectivity index (χ4n) is 2.52. The highest BCUT2D eigenvalue weighted by atomic mass is 35.5. The topological polar surface area (TPSA) is 94.4 Å². The van der Waals surface area contributed by atoms with Crippen molar-refractivity contribution in [2.75, 3.05) is 26.6 Å². The Morgan fingerprint density at radius 3 is 2.82 bits per heavy atom. The number of aromatic nitrogens is 4. The molecule has 0 fully saturated rings. The standard InChI is InChI=1S/C18H19ClN6O3/c1-24-10-21-17(23-24)11-6-5-7-13(16(11)27-3)22-14-8-15(19)20-9-12(14)18(26)25(2)28-4/h5-10H,1-4H3,(H,20,22)/i1D3. The van der Waals surface area contributed by atoms with E-state index in [1.807, 2.05) is 0 Å². The van der Waals surface area contributed by atoms with Gasteiger partial charge in [0.2, 0.25) is 0 Å². The van der Waals surface area contributed by atoms with Gasteiger partial charge >= 0.3 is 0 Å². The molecule has 10 heteroatoms. The largest absolute Gasteiger partial charge is 0.494 e. The number of halogens is 1. The number of pyridine rings is 1. The summed E-state index contributed by atoms with van der Waals surface area (Å²) in [6, 6.07) is 6.60. The van der Waals surface area contributed by atoms with Crippen molar-refractivity contribution in [3.63, 3.8) is 0 Å². The average Bonchev–Trinajstić information content (AvgIpc) is 3.23. The Hall–Kier alpha value is -3.17. The number of methoxy groups -OCH3 is 1. The van der Waals surface area contributed by atoms with Crippen molar-refractivity contribution in [3.05, 3.63) is 47.5 Å². The second-order valence-electron chi connectivity index (χ2n) is 5.56. The molecule has 2 heterocycles. The van der Waals surface area contributed by atoms with Crippen LogP contribution < -0.4 is 10.1 Å². The summed E-state index contributed by atoms with van der Waals surface area (Å²) >= 11 is 6.03. The number of hydroxylamine groups is 2. The van der Waals surface area contributed by atoms with Gasteiger partial charge in [0, 0.05) is 24.3 Å². The number of carbonyl (C=O) groups is 1. The Morgan fingerprint density at radius 1 is 1.32 bits per heavy atom. The van der Waals surface area contributed by atoms with Crippen LogP contribution in [0, 0.1) is 0 Å². The number of rotatable bonds is 6. The second-order valence-corrected chi connectivity index (χ2v) is 5.95. The van der Waals surface area contributed by atoms with Gasteiger partial charge in [-0.15, -0.1) is 0 Å². The van der Waals surface area contributed by atoms with Crippen molar-refractivity contribution in [3.8, 4) is 17.1 Å². The lowest BCUT2D eigenvalue weighted by atomic mass is 10.1. The van der Waals surface area contributed by atoms with Crippen LogP contribution >= 0.6 is 11.6 Å². The second kappa shape index (κ2) is 8.24. The number of para-hydroxylation sites is 1. The number of hydrogen-bond donors (Lipinski definition) is 1. The molecule has 0 bridgehead atoms. The van der Waals surface area contributed by atoms with Crippen LogP contribution in [0.25, 0.3) is 11.4 Å². The molecule has 9 nitrogen and oxygen atoms in total. The third kappa shape index (κ3) is 3.90. The normalized spacial score (nSPS) is 12.6. The first-order valence-corrected chi connectivity index (χ1v) is 8.37. The molecule has 0 aliphatic carbocycles. The van der Waals surface area contributed by atoms with Crippen molar-refractivity contribution < 1.29 is 18.5 Å². The summed E-state index contributed by atoms with van der Waals surface area (Å²) in [5.74, 6) is 0.0689. The van der Waals surface area contributed by atoms with Gasteiger partial charge in [-0.3, -0.25) is 14.3 Å². The van der Waals surface area contributed by atoms with Gasteiger partial charge < -0.3 is 10.1 Å². The number of ether oxygens (including phenoxy) is 1. The van der Waals surface area contributed by atoms with E-state index in [2.05, 4.69) is 20.4 Å². The Morgan fingerprint density at radius 2 is 2.14 bits per heavy atom. The summed E-state index contributed by atoms with van der Waals surface area (Å²) in [6.45, 7) is -2.45. The SMILES string of the molecule is [2H]C([2H])([2H])n1cnc(-c2cccc(Nc3cc(Cl)ncc3C(=O)N(C)OC)c2OC)n1. The Kier molecular flexibility index (Phi) is 4.66. The molecule has 0 saturated heterocycles. The molecule has 0 atom stereocenters. The maximum Gasteiger partial charge on any atom is 0.280 e. The number of benzene rings is 1. The van der Waals surface area contributed by atoms with E-state index in [1.165, 1.54) is 33.5 Å². The summed E-state index contributed by atoms with van der Waals surface area (Å²) in [5.41, 5.74) is 1.51. The molecule has 0 saturated carbocycles. The molecular formula is C18H19ClN6O3. The summed E-state index contributed by atoms with van der Waals surface area (Å²) < 4.78 is 28.7. The van der Waals surface area contributed by atoms with Crippen LogP contribution in [0.1, 0.15) is 14.5 Å². The van der Waals surface area contributed by atoms with Crippen LogP contribution in [0.4, 0.5) is 11.4 Å². The highest BCUT2D eigenvalue weighted by Gasteiger charge is 2.20. The number of nitrogens with zero attached hydrogens (tertiary/aromatic N) is 5. The van der Waals surface area contributed by atoms with Crippen molar-refractivity contribution in [2.24, 2.45) is 6.98 Å². The highest BCUT2D eigenvalue weighted by Crippen LogP contribution is 2.37. The van der Waals surface area contributed by atoms with E-state index in [9.17, 15) is 4.79 Å². The van der Waals surface area contributed by atoms with Crippen LogP contribution in [0.3, 0.4) is 0 Å². The van der Waals surface area contributed by atoms with Gasteiger partial charge in [0.25, 0.3) is 5.91 Å². The Bertz CT molecular complexity index is 1110. The maximum atomic E-state index is 12.6. The van der Waals surface area contributed by atoms with Crippen molar-refractivity contribution in [1.82, 2.24) is 24.8 Å². The van der Waals surface area contributed by atoms with Gasteiger partial charge in [0.15, 0.2) is 11.6 Å². The van der Waals surface area contributed by atoms with E-state index in [0.29, 0.717) is 22.7 Å². The number of amides is 1. The average molecular weight is 406 g/mol. The monoisotopic (exact) mass is 405 g/mol. The number of hydrogen-bond acceptors (Lipinski definition) is 7. The number of carbonyl (C=O) groups excluding carboxylic acids is 1. The molecular weight excluding hydrogens is 384 g/mol. The van der Waals surface area contributed by atoms with E-state index in [1.54, 1.807) is 18.2 Å². The lowest BCUT2D eigenvalue weighted by Crippen LogP contribution is -2.26. The molecule has 1 N–H and O–H groups in total. The first kappa shape index (κ1) is 15.8. The van der Waals surface area contributed by atoms with E-state index in [-0.39, 0.29) is 16.5 Å². The molecule has 0 spiro atoms. The minimum absolute atomic E-state index is 0.166. The van der Waals surface area contributed by atoms with E-state index in [4.69, 9.17) is 25.3 Å². The van der Waals surface area contributed by atoms with Gasteiger partial charge in [0.1, 0.15) is 11.5 Å². The smallest absolute Gasteiger partial charge is 0.280 e. The summed E-state index contributed by atoms with van der Waals surface area (Å²) in [7, 11) is 4.29. The molecule has 0 unspecified atom stereocenters. The minimum atomic E-state index is -2.45. The van der Waals surface area contributed by atoms with Crippen LogP contribution in [0.2, 0.25) is 5.15 Å². The summed E-state index contributed by atoms with van der Waals surface area (Å²) in [6.07, 6.45) is 2.46. The zero-order valence-corrected chi connectivity index (χ0v) is 16.1. The third-order valence-electron chi connectivity index (χ3n) is 3.88. The lowest BCUT2D eigenvalue weighted by molar-refractivity contribution is -0.0756. The molecule has 2 aromatic heterocycles. The zero-order valence-electron chi connectivity index (χ0n) is 18.3. The maximum absolute atomic E-state index is 12.6. The molecule has 0 aliphatic rings. The molecule has 146 valence electrons. The fourth-order valence-corrected chi connectivity index (χ4v) is 2.68. The van der Waals surface area contributed by atoms with Crippen LogP contribution in [-0.4, -0.2) is 52.0 Å². The van der Waals surface area contributed by atoms with Gasteiger partial charge in [-0.25, -0.2) is 15.0 Å². The van der Waals surface area contributed by atoms with Gasteiger partial charge in [-0.1, -0.05) is 17.7 Å². The Labute approximate surface area is 171 Å². The predicted octanol–water partition coefficient (Wildman–Crippen LogP) is 2.92. The highest BCUT2D eigenvalue weighted by molar-refractivity contribution is 6.29. The number of anilines is 2. The molecule has 0 aliphatic heterocycles. The molecule has 3 rings (SSSR count). The lowest BCUT2D eigenvalue weighted by Gasteiger charge is -2.18. The summed E-state index contributed by atoms with van der Waals surface area (Å²) in [4.78, 5) is 25.6. The molecule has 1 aromatic carbocycles. The van der Waals surface area contributed by atoms with Crippen LogP contribution in [-0.2, 0) is 11.8 Å². The van der Waals surface area contributed by atoms with E-state index >= 15 is 0 Å². The van der Waals surface area contributed by atoms with E-state index in [0.717, 1.165) is 16.1 Å². The van der Waals surface area contributed by atoms with Gasteiger partial charge in [0.05, 0.1) is 36.7 Å². The van der Waals surface area contributed by atoms with Crippen LogP contribution in [0.15, 0.2) is 36.8 Å². The molecule has 1 amide bonds. The Balaban J connectivity index is 2.04. The number of aryl methyl sites for hydroxylation is 1. The van der Waals surface area contributed by atoms with Gasteiger partial charge in [-0.2, -0.15) is 5.10 Å². The first-order valence-electron chi connectivity index (χ1n) is 9.50. The minimum Gasteiger partial charge on any atom is -0.494 e. The number of nitrogens with one attached hydrogen (secondary N) is 1. The predicted molar refractivity (Wildman–Crippen MR) is 105 cm³/mol. The summed E-state index contributed by atoms with van der Waals surface area (Å²) in [5, 5.41) is 8.37. The quantitative estimate of drug-likeness (QED) is 0.497. The van der Waals surface area contributed by atoms with Crippen molar-refractivity contribution in [1.29, 1.82) is 0 Å². The zero-order chi connectivity index (χ0) is 22.8. The fraction of sp³-hybridized carbons (Fsp3) is 0.222.